The minimum absolute atomic E-state index is 0.0363. The summed E-state index contributed by atoms with van der Waals surface area (Å²) < 4.78 is 19.5. The number of aliphatic imine (C=N–C) groups is 1. The Morgan fingerprint density at radius 2 is 1.92 bits per heavy atom. The van der Waals surface area contributed by atoms with E-state index in [9.17, 15) is 9.18 Å². The van der Waals surface area contributed by atoms with Crippen molar-refractivity contribution in [3.63, 3.8) is 0 Å². The molecule has 2 rings (SSSR count). The van der Waals surface area contributed by atoms with Gasteiger partial charge in [0.25, 0.3) is 0 Å². The number of ether oxygens (including phenoxy) is 1. The summed E-state index contributed by atoms with van der Waals surface area (Å²) in [5.41, 5.74) is 0.377. The van der Waals surface area contributed by atoms with Crippen LogP contribution in [-0.2, 0) is 4.74 Å². The molecule has 0 aliphatic carbocycles. The third-order valence-corrected chi connectivity index (χ3v) is 3.99. The van der Waals surface area contributed by atoms with Crippen molar-refractivity contribution in [2.75, 3.05) is 26.2 Å². The summed E-state index contributed by atoms with van der Waals surface area (Å²) in [6.07, 6.45) is 0.892. The van der Waals surface area contributed by atoms with Crippen molar-refractivity contribution in [1.82, 2.24) is 14.8 Å². The number of hydrogen-bond acceptors (Lipinski definition) is 5. The van der Waals surface area contributed by atoms with Crippen LogP contribution in [0, 0.1) is 11.2 Å². The molecule has 0 radical (unpaired) electrons. The van der Waals surface area contributed by atoms with Crippen molar-refractivity contribution in [1.29, 1.82) is 5.41 Å². The second kappa shape index (κ2) is 8.18. The number of carbonyl (C=O) groups is 1. The lowest BCUT2D eigenvalue weighted by Crippen LogP contribution is -2.51. The molecule has 1 aromatic heterocycles. The van der Waals surface area contributed by atoms with E-state index < -0.39 is 17.5 Å². The summed E-state index contributed by atoms with van der Waals surface area (Å²) in [4.78, 5) is 22.9. The number of rotatable bonds is 2. The van der Waals surface area contributed by atoms with Crippen LogP contribution in [0.3, 0.4) is 0 Å². The molecule has 0 atom stereocenters. The number of nitrogens with one attached hydrogen (secondary N) is 1. The van der Waals surface area contributed by atoms with Crippen LogP contribution in [0.5, 0.6) is 0 Å². The Hall–Kier alpha value is -1.93. The first-order valence-electron chi connectivity index (χ1n) is 7.92. The molecule has 2 heterocycles. The Labute approximate surface area is 161 Å². The molecule has 7 nitrogen and oxygen atoms in total. The molecule has 0 unspecified atom stereocenters. The van der Waals surface area contributed by atoms with Gasteiger partial charge in [0.2, 0.25) is 0 Å². The quantitative estimate of drug-likeness (QED) is 0.464. The molecule has 1 aromatic rings. The highest BCUT2D eigenvalue weighted by Crippen LogP contribution is 2.28. The minimum Gasteiger partial charge on any atom is -0.444 e. The van der Waals surface area contributed by atoms with Crippen LogP contribution < -0.4 is 0 Å². The first-order valence-corrected chi connectivity index (χ1v) is 8.74. The van der Waals surface area contributed by atoms with E-state index in [2.05, 4.69) is 9.98 Å². The summed E-state index contributed by atoms with van der Waals surface area (Å²) in [7, 11) is 0. The lowest BCUT2D eigenvalue weighted by molar-refractivity contribution is 0.0187. The highest BCUT2D eigenvalue weighted by molar-refractivity contribution is 6.56. The molecule has 0 aromatic carbocycles. The van der Waals surface area contributed by atoms with E-state index in [1.165, 1.54) is 6.20 Å². The predicted molar refractivity (Wildman–Crippen MR) is 99.4 cm³/mol. The molecule has 1 aliphatic heterocycles. The monoisotopic (exact) mass is 403 g/mol. The largest absolute Gasteiger partial charge is 0.444 e. The zero-order valence-corrected chi connectivity index (χ0v) is 16.2. The van der Waals surface area contributed by atoms with E-state index in [-0.39, 0.29) is 22.2 Å². The zero-order chi connectivity index (χ0) is 19.5. The first-order chi connectivity index (χ1) is 12.1. The van der Waals surface area contributed by atoms with Crippen LogP contribution in [0.15, 0.2) is 11.2 Å². The fraction of sp³-hybridized carbons (Fsp3) is 0.500. The van der Waals surface area contributed by atoms with E-state index in [0.29, 0.717) is 26.2 Å². The Morgan fingerprint density at radius 1 is 1.35 bits per heavy atom. The van der Waals surface area contributed by atoms with Gasteiger partial charge >= 0.3 is 6.09 Å². The molecular weight excluding hydrogens is 384 g/mol. The van der Waals surface area contributed by atoms with Gasteiger partial charge in [-0.1, -0.05) is 23.2 Å². The molecule has 0 bridgehead atoms. The molecule has 1 fully saturated rings. The third kappa shape index (κ3) is 4.82. The lowest BCUT2D eigenvalue weighted by atomic mass is 10.1. The number of carbonyl (C=O) groups excluding carboxylic acids is 1. The number of pyridine rings is 1. The van der Waals surface area contributed by atoms with E-state index in [4.69, 9.17) is 33.3 Å². The normalized spacial score (nSPS) is 15.5. The number of hydrogen-bond donors (Lipinski definition) is 1. The predicted octanol–water partition coefficient (Wildman–Crippen LogP) is 3.65. The van der Waals surface area contributed by atoms with Crippen LogP contribution in [-0.4, -0.2) is 64.2 Å². The van der Waals surface area contributed by atoms with Gasteiger partial charge in [0.05, 0.1) is 11.2 Å². The van der Waals surface area contributed by atoms with E-state index >= 15 is 0 Å². The zero-order valence-electron chi connectivity index (χ0n) is 14.7. The third-order valence-electron chi connectivity index (χ3n) is 3.63. The van der Waals surface area contributed by atoms with Gasteiger partial charge in [0.1, 0.15) is 17.1 Å². The topological polar surface area (TPSA) is 81.9 Å². The Morgan fingerprint density at radius 3 is 2.46 bits per heavy atom. The summed E-state index contributed by atoms with van der Waals surface area (Å²) in [5, 5.41) is 8.01. The van der Waals surface area contributed by atoms with Crippen LogP contribution >= 0.6 is 23.2 Å². The van der Waals surface area contributed by atoms with Crippen LogP contribution in [0.1, 0.15) is 26.3 Å². The molecule has 1 amide bonds. The second-order valence-electron chi connectivity index (χ2n) is 6.66. The van der Waals surface area contributed by atoms with Gasteiger partial charge in [-0.2, -0.15) is 0 Å². The Balaban J connectivity index is 2.10. The maximum Gasteiger partial charge on any atom is 0.410 e. The Bertz CT molecular complexity index is 728. The fourth-order valence-corrected chi connectivity index (χ4v) is 2.65. The summed E-state index contributed by atoms with van der Waals surface area (Å²) in [6, 6.07) is 0. The molecular formula is C16H20Cl2FN5O2. The number of amides is 1. The molecule has 10 heteroatoms. The van der Waals surface area contributed by atoms with E-state index in [0.717, 1.165) is 5.67 Å². The maximum atomic E-state index is 14.2. The average molecular weight is 404 g/mol. The van der Waals surface area contributed by atoms with Gasteiger partial charge in [0.15, 0.2) is 11.0 Å². The van der Waals surface area contributed by atoms with Crippen LogP contribution in [0.2, 0.25) is 5.15 Å². The fourth-order valence-electron chi connectivity index (χ4n) is 2.41. The molecule has 0 saturated carbocycles. The van der Waals surface area contributed by atoms with Crippen LogP contribution in [0.4, 0.5) is 14.9 Å². The molecule has 26 heavy (non-hydrogen) atoms. The SMILES string of the molecule is CC(C)(C)OC(=O)N1CCN(C(=N)c2cnc(Cl)c(F)c2N=CCl)CC1. The van der Waals surface area contributed by atoms with Gasteiger partial charge in [0, 0.05) is 32.4 Å². The van der Waals surface area contributed by atoms with E-state index in [1.54, 1.807) is 30.6 Å². The molecule has 0 spiro atoms. The number of halogens is 3. The summed E-state index contributed by atoms with van der Waals surface area (Å²) in [6.45, 7) is 6.97. The molecule has 1 N–H and O–H groups in total. The van der Waals surface area contributed by atoms with Crippen molar-refractivity contribution >= 4 is 46.5 Å². The smallest absolute Gasteiger partial charge is 0.410 e. The van der Waals surface area contributed by atoms with Gasteiger partial charge in [-0.25, -0.2) is 19.2 Å². The first kappa shape index (κ1) is 20.4. The van der Waals surface area contributed by atoms with Crippen LogP contribution in [0.25, 0.3) is 0 Å². The Kier molecular flexibility index (Phi) is 6.41. The second-order valence-corrected chi connectivity index (χ2v) is 7.21. The van der Waals surface area contributed by atoms with Crippen molar-refractivity contribution < 1.29 is 13.9 Å². The highest BCUT2D eigenvalue weighted by Gasteiger charge is 2.28. The van der Waals surface area contributed by atoms with Gasteiger partial charge < -0.3 is 14.5 Å². The highest BCUT2D eigenvalue weighted by atomic mass is 35.5. The number of nitrogens with zero attached hydrogens (tertiary/aromatic N) is 4. The van der Waals surface area contributed by atoms with Gasteiger partial charge in [-0.15, -0.1) is 0 Å². The number of piperazine rings is 1. The number of aromatic nitrogens is 1. The van der Waals surface area contributed by atoms with Gasteiger partial charge in [-0.3, -0.25) is 5.41 Å². The van der Waals surface area contributed by atoms with Crippen molar-refractivity contribution in [2.24, 2.45) is 4.99 Å². The lowest BCUT2D eigenvalue weighted by Gasteiger charge is -2.36. The van der Waals surface area contributed by atoms with Crippen molar-refractivity contribution in [3.8, 4) is 0 Å². The molecule has 142 valence electrons. The van der Waals surface area contributed by atoms with Gasteiger partial charge in [-0.05, 0) is 20.8 Å². The van der Waals surface area contributed by atoms with E-state index in [1.807, 2.05) is 0 Å². The average Bonchev–Trinajstić information content (AvgIpc) is 2.57. The minimum atomic E-state index is -0.835. The van der Waals surface area contributed by atoms with Crippen molar-refractivity contribution in [2.45, 2.75) is 26.4 Å². The number of amidine groups is 1. The summed E-state index contributed by atoms with van der Waals surface area (Å²) >= 11 is 11.1. The summed E-state index contributed by atoms with van der Waals surface area (Å²) in [5.74, 6) is -0.799. The maximum absolute atomic E-state index is 14.2. The molecule has 1 aliphatic rings. The standard InChI is InChI=1S/C16H20Cl2FN5O2/c1-16(2,3)26-15(25)24-6-4-23(5-7-24)14(20)10-8-21-13(18)11(19)12(10)22-9-17/h8-9,20H,4-7H2,1-3H3. The molecule has 1 saturated heterocycles. The van der Waals surface area contributed by atoms with Crippen molar-refractivity contribution in [3.05, 3.63) is 22.7 Å².